The number of hydrogen-bond donors (Lipinski definition) is 1. The summed E-state index contributed by atoms with van der Waals surface area (Å²) in [5.74, 6) is 0.296. The highest BCUT2D eigenvalue weighted by Gasteiger charge is 2.06. The number of carbonyl (C=O) groups is 1. The zero-order valence-electron chi connectivity index (χ0n) is 11.7. The maximum atomic E-state index is 10.4. The molecule has 1 aromatic heterocycles. The number of aliphatic carboxylic acids is 1. The second-order valence-electron chi connectivity index (χ2n) is 4.25. The molecule has 0 unspecified atom stereocenters. The van der Waals surface area contributed by atoms with Crippen LogP contribution in [0.15, 0.2) is 42.7 Å². The molecule has 0 radical (unpaired) electrons. The number of ether oxygens (including phenoxy) is 1. The second kappa shape index (κ2) is 6.51. The Balaban J connectivity index is 2.15. The maximum Gasteiger partial charge on any atom is 0.328 e. The van der Waals surface area contributed by atoms with Gasteiger partial charge in [0.05, 0.1) is 7.11 Å². The van der Waals surface area contributed by atoms with E-state index in [0.29, 0.717) is 11.5 Å². The number of carboxylic acids is 1. The Labute approximate surface area is 122 Å². The van der Waals surface area contributed by atoms with Crippen molar-refractivity contribution in [3.63, 3.8) is 0 Å². The molecule has 108 valence electrons. The molecule has 0 bridgehead atoms. The molecule has 2 rings (SSSR count). The molecule has 0 aliphatic carbocycles. The van der Waals surface area contributed by atoms with E-state index in [1.54, 1.807) is 19.5 Å². The van der Waals surface area contributed by atoms with Crippen LogP contribution in [0.1, 0.15) is 5.56 Å². The van der Waals surface area contributed by atoms with E-state index >= 15 is 0 Å². The first-order valence-electron chi connectivity index (χ1n) is 6.21. The van der Waals surface area contributed by atoms with Crippen LogP contribution in [0.5, 0.6) is 5.75 Å². The average Bonchev–Trinajstić information content (AvgIpc) is 2.53. The van der Waals surface area contributed by atoms with Gasteiger partial charge >= 0.3 is 5.97 Å². The third kappa shape index (κ3) is 3.79. The van der Waals surface area contributed by atoms with Crippen molar-refractivity contribution in [2.75, 3.05) is 19.1 Å². The molecule has 1 N–H and O–H groups in total. The molecular weight excluding hydrogens is 270 g/mol. The largest absolute Gasteiger partial charge is 0.497 e. The molecule has 0 aliphatic rings. The third-order valence-corrected chi connectivity index (χ3v) is 2.84. The second-order valence-corrected chi connectivity index (χ2v) is 4.25. The minimum Gasteiger partial charge on any atom is -0.497 e. The van der Waals surface area contributed by atoms with Gasteiger partial charge in [-0.15, -0.1) is 0 Å². The van der Waals surface area contributed by atoms with Gasteiger partial charge in [-0.25, -0.2) is 14.8 Å². The molecule has 2 aromatic rings. The fourth-order valence-corrected chi connectivity index (χ4v) is 1.68. The van der Waals surface area contributed by atoms with Gasteiger partial charge in [0, 0.05) is 36.8 Å². The number of methoxy groups -OCH3 is 1. The number of aromatic nitrogens is 2. The summed E-state index contributed by atoms with van der Waals surface area (Å²) >= 11 is 0. The number of nitrogens with zero attached hydrogens (tertiary/aromatic N) is 3. The first kappa shape index (κ1) is 14.5. The Bertz CT molecular complexity index is 636. The zero-order valence-corrected chi connectivity index (χ0v) is 11.7. The molecule has 0 saturated heterocycles. The fraction of sp³-hybridized carbons (Fsp3) is 0.133. The number of hydrogen-bond acceptors (Lipinski definition) is 5. The van der Waals surface area contributed by atoms with Crippen LogP contribution in [0.3, 0.4) is 0 Å². The molecule has 1 aromatic carbocycles. The SMILES string of the molecule is COc1ccc(N(C)c2ncc(/C=C/C(=O)O)cn2)cc1. The van der Waals surface area contributed by atoms with Gasteiger partial charge < -0.3 is 14.7 Å². The van der Waals surface area contributed by atoms with Gasteiger partial charge in [-0.1, -0.05) is 0 Å². The summed E-state index contributed by atoms with van der Waals surface area (Å²) in [4.78, 5) is 20.7. The van der Waals surface area contributed by atoms with E-state index in [0.717, 1.165) is 17.5 Å². The number of rotatable bonds is 5. The van der Waals surface area contributed by atoms with Crippen LogP contribution in [0, 0.1) is 0 Å². The van der Waals surface area contributed by atoms with Crippen LogP contribution < -0.4 is 9.64 Å². The van der Waals surface area contributed by atoms with E-state index < -0.39 is 5.97 Å². The lowest BCUT2D eigenvalue weighted by atomic mass is 10.3. The lowest BCUT2D eigenvalue weighted by molar-refractivity contribution is -0.131. The molecule has 0 saturated carbocycles. The quantitative estimate of drug-likeness (QED) is 0.850. The van der Waals surface area contributed by atoms with Crippen molar-refractivity contribution in [2.24, 2.45) is 0 Å². The highest BCUT2D eigenvalue weighted by molar-refractivity contribution is 5.85. The van der Waals surface area contributed by atoms with E-state index in [9.17, 15) is 4.79 Å². The zero-order chi connectivity index (χ0) is 15.2. The van der Waals surface area contributed by atoms with Gasteiger partial charge in [0.25, 0.3) is 0 Å². The molecule has 0 atom stereocenters. The molecule has 21 heavy (non-hydrogen) atoms. The molecular formula is C15H15N3O3. The molecule has 6 heteroatoms. The Morgan fingerprint density at radius 2 is 1.86 bits per heavy atom. The van der Waals surface area contributed by atoms with Crippen LogP contribution in [0.25, 0.3) is 6.08 Å². The van der Waals surface area contributed by atoms with Gasteiger partial charge in [-0.05, 0) is 30.3 Å². The Kier molecular flexibility index (Phi) is 4.50. The standard InChI is InChI=1S/C15H15N3O3/c1-18(12-4-6-13(21-2)7-5-12)15-16-9-11(10-17-15)3-8-14(19)20/h3-10H,1-2H3,(H,19,20)/b8-3+. The highest BCUT2D eigenvalue weighted by Crippen LogP contribution is 2.22. The topological polar surface area (TPSA) is 75.5 Å². The maximum absolute atomic E-state index is 10.4. The van der Waals surface area contributed by atoms with Crippen molar-refractivity contribution in [1.29, 1.82) is 0 Å². The third-order valence-electron chi connectivity index (χ3n) is 2.84. The summed E-state index contributed by atoms with van der Waals surface area (Å²) in [6, 6.07) is 7.52. The van der Waals surface area contributed by atoms with Crippen LogP contribution in [0.4, 0.5) is 11.6 Å². The molecule has 6 nitrogen and oxygen atoms in total. The van der Waals surface area contributed by atoms with E-state index in [4.69, 9.17) is 9.84 Å². The van der Waals surface area contributed by atoms with Gasteiger partial charge in [0.1, 0.15) is 5.75 Å². The Morgan fingerprint density at radius 3 is 2.38 bits per heavy atom. The number of benzene rings is 1. The van der Waals surface area contributed by atoms with Crippen LogP contribution in [-0.4, -0.2) is 35.2 Å². The molecule has 0 aliphatic heterocycles. The number of carboxylic acid groups (broad SMARTS) is 1. The summed E-state index contributed by atoms with van der Waals surface area (Å²) < 4.78 is 5.11. The highest BCUT2D eigenvalue weighted by atomic mass is 16.5. The van der Waals surface area contributed by atoms with E-state index in [1.165, 1.54) is 6.08 Å². The van der Waals surface area contributed by atoms with E-state index in [1.807, 2.05) is 36.2 Å². The Hall–Kier alpha value is -2.89. The van der Waals surface area contributed by atoms with Crippen molar-refractivity contribution < 1.29 is 14.6 Å². The normalized spacial score (nSPS) is 10.6. The van der Waals surface area contributed by atoms with E-state index in [2.05, 4.69) is 9.97 Å². The minimum atomic E-state index is -1.01. The number of anilines is 2. The van der Waals surface area contributed by atoms with Crippen LogP contribution in [-0.2, 0) is 4.79 Å². The van der Waals surface area contributed by atoms with Crippen LogP contribution >= 0.6 is 0 Å². The van der Waals surface area contributed by atoms with Crippen molar-refractivity contribution in [2.45, 2.75) is 0 Å². The molecule has 0 spiro atoms. The average molecular weight is 285 g/mol. The fourth-order valence-electron chi connectivity index (χ4n) is 1.68. The van der Waals surface area contributed by atoms with Gasteiger partial charge in [0.2, 0.25) is 5.95 Å². The first-order chi connectivity index (χ1) is 10.1. The summed E-state index contributed by atoms with van der Waals surface area (Å²) in [5.41, 5.74) is 1.55. The summed E-state index contributed by atoms with van der Waals surface area (Å²) in [6.45, 7) is 0. The predicted molar refractivity (Wildman–Crippen MR) is 79.8 cm³/mol. The van der Waals surface area contributed by atoms with Gasteiger partial charge in [-0.3, -0.25) is 0 Å². The van der Waals surface area contributed by atoms with Crippen LogP contribution in [0.2, 0.25) is 0 Å². The smallest absolute Gasteiger partial charge is 0.328 e. The Morgan fingerprint density at radius 1 is 1.24 bits per heavy atom. The molecule has 1 heterocycles. The summed E-state index contributed by atoms with van der Waals surface area (Å²) in [6.07, 6.45) is 5.63. The van der Waals surface area contributed by atoms with Crippen molar-refractivity contribution in [1.82, 2.24) is 9.97 Å². The minimum absolute atomic E-state index is 0.521. The summed E-state index contributed by atoms with van der Waals surface area (Å²) in [5, 5.41) is 8.56. The monoisotopic (exact) mass is 285 g/mol. The first-order valence-corrected chi connectivity index (χ1v) is 6.21. The van der Waals surface area contributed by atoms with Gasteiger partial charge in [-0.2, -0.15) is 0 Å². The molecule has 0 fully saturated rings. The summed E-state index contributed by atoms with van der Waals surface area (Å²) in [7, 11) is 3.47. The van der Waals surface area contributed by atoms with Crippen molar-refractivity contribution in [3.05, 3.63) is 48.3 Å². The lowest BCUT2D eigenvalue weighted by Gasteiger charge is -2.17. The van der Waals surface area contributed by atoms with Crippen molar-refractivity contribution >= 4 is 23.7 Å². The van der Waals surface area contributed by atoms with Crippen molar-refractivity contribution in [3.8, 4) is 5.75 Å². The van der Waals surface area contributed by atoms with E-state index in [-0.39, 0.29) is 0 Å². The lowest BCUT2D eigenvalue weighted by Crippen LogP contribution is -2.12. The van der Waals surface area contributed by atoms with Gasteiger partial charge in [0.15, 0.2) is 0 Å². The predicted octanol–water partition coefficient (Wildman–Crippen LogP) is 2.35. The molecule has 0 amide bonds.